The molecule has 6 nitrogen and oxygen atoms in total. The van der Waals surface area contributed by atoms with E-state index < -0.39 is 17.1 Å². The van der Waals surface area contributed by atoms with Crippen molar-refractivity contribution in [3.63, 3.8) is 0 Å². The Kier molecular flexibility index (Phi) is 5.87. The Morgan fingerprint density at radius 1 is 1.36 bits per heavy atom. The van der Waals surface area contributed by atoms with Gasteiger partial charge in [-0.05, 0) is 23.8 Å². The lowest BCUT2D eigenvalue weighted by Crippen LogP contribution is -2.37. The highest BCUT2D eigenvalue weighted by Crippen LogP contribution is 2.22. The van der Waals surface area contributed by atoms with Crippen LogP contribution in [0.15, 0.2) is 35.7 Å². The van der Waals surface area contributed by atoms with Crippen LogP contribution in [0.2, 0.25) is 5.02 Å². The Hall–Kier alpha value is -1.51. The Balaban J connectivity index is 2.01. The summed E-state index contributed by atoms with van der Waals surface area (Å²) in [6, 6.07) is 6.84. The van der Waals surface area contributed by atoms with E-state index in [1.165, 1.54) is 35.6 Å². The van der Waals surface area contributed by atoms with Crippen molar-refractivity contribution >= 4 is 28.6 Å². The van der Waals surface area contributed by atoms with E-state index in [4.69, 9.17) is 11.6 Å². The van der Waals surface area contributed by atoms with E-state index in [-0.39, 0.29) is 12.3 Å². The molecule has 0 saturated carbocycles. The van der Waals surface area contributed by atoms with E-state index in [0.717, 1.165) is 4.88 Å². The Morgan fingerprint density at radius 3 is 2.55 bits per heavy atom. The molecule has 0 amide bonds. The van der Waals surface area contributed by atoms with E-state index in [9.17, 15) is 20.3 Å². The number of hydrogen-bond donors (Lipinski definition) is 3. The van der Waals surface area contributed by atoms with Crippen LogP contribution in [-0.4, -0.2) is 27.8 Å². The fourth-order valence-corrected chi connectivity index (χ4v) is 3.00. The van der Waals surface area contributed by atoms with Gasteiger partial charge in [-0.1, -0.05) is 11.6 Å². The number of nitrogens with zero attached hydrogens (tertiary/aromatic N) is 1. The summed E-state index contributed by atoms with van der Waals surface area (Å²) in [4.78, 5) is 11.1. The van der Waals surface area contributed by atoms with Crippen molar-refractivity contribution in [2.24, 2.45) is 0 Å². The van der Waals surface area contributed by atoms with E-state index in [2.05, 4.69) is 5.32 Å². The maximum atomic E-state index is 10.6. The van der Waals surface area contributed by atoms with Crippen LogP contribution in [0.3, 0.4) is 0 Å². The molecule has 2 aromatic rings. The van der Waals surface area contributed by atoms with Crippen LogP contribution in [0.5, 0.6) is 0 Å². The first-order valence-electron chi connectivity index (χ1n) is 6.51. The second-order valence-corrected chi connectivity index (χ2v) is 6.13. The predicted octanol–water partition coefficient (Wildman–Crippen LogP) is 2.49. The van der Waals surface area contributed by atoms with Gasteiger partial charge in [-0.15, -0.1) is 11.3 Å². The third-order valence-corrected chi connectivity index (χ3v) is 4.47. The van der Waals surface area contributed by atoms with Crippen molar-refractivity contribution in [1.82, 2.24) is 5.32 Å². The van der Waals surface area contributed by atoms with E-state index >= 15 is 0 Å². The van der Waals surface area contributed by atoms with Gasteiger partial charge in [0.1, 0.15) is 0 Å². The van der Waals surface area contributed by atoms with Gasteiger partial charge in [0.25, 0.3) is 5.69 Å². The standard InChI is InChI=1S/C14H15ClN2O4S/c15-10-5-12(22-8-10)6-16-13(7-18)14(19)9-1-3-11(4-2-9)17(20)21/h1-5,8,13-14,16,18-19H,6-7H2/t13-,14+/m0/s1. The largest absolute Gasteiger partial charge is 0.395 e. The molecule has 0 unspecified atom stereocenters. The molecular formula is C14H15ClN2O4S. The lowest BCUT2D eigenvalue weighted by atomic mass is 10.0. The molecule has 0 saturated heterocycles. The van der Waals surface area contributed by atoms with Gasteiger partial charge in [-0.25, -0.2) is 0 Å². The topological polar surface area (TPSA) is 95.6 Å². The number of aliphatic hydroxyl groups is 2. The monoisotopic (exact) mass is 342 g/mol. The molecule has 8 heteroatoms. The second kappa shape index (κ2) is 7.66. The summed E-state index contributed by atoms with van der Waals surface area (Å²) in [6.07, 6.45) is -0.971. The van der Waals surface area contributed by atoms with E-state index in [0.29, 0.717) is 17.1 Å². The molecule has 2 atom stereocenters. The number of nitro groups is 1. The molecular weight excluding hydrogens is 328 g/mol. The van der Waals surface area contributed by atoms with Crippen LogP contribution in [0.25, 0.3) is 0 Å². The minimum Gasteiger partial charge on any atom is -0.395 e. The van der Waals surface area contributed by atoms with Gasteiger partial charge in [0.05, 0.1) is 28.7 Å². The van der Waals surface area contributed by atoms with Crippen LogP contribution in [0.4, 0.5) is 5.69 Å². The minimum absolute atomic E-state index is 0.0438. The van der Waals surface area contributed by atoms with Crippen molar-refractivity contribution in [1.29, 1.82) is 0 Å². The molecule has 0 spiro atoms. The summed E-state index contributed by atoms with van der Waals surface area (Å²) >= 11 is 7.32. The number of aliphatic hydroxyl groups excluding tert-OH is 2. The van der Waals surface area contributed by atoms with Gasteiger partial charge < -0.3 is 15.5 Å². The highest BCUT2D eigenvalue weighted by atomic mass is 35.5. The van der Waals surface area contributed by atoms with Gasteiger partial charge in [-0.2, -0.15) is 0 Å². The number of thiophene rings is 1. The summed E-state index contributed by atoms with van der Waals surface area (Å²) in [6.45, 7) is 0.198. The molecule has 0 radical (unpaired) electrons. The summed E-state index contributed by atoms with van der Waals surface area (Å²) in [5.74, 6) is 0. The maximum Gasteiger partial charge on any atom is 0.269 e. The van der Waals surface area contributed by atoms with Crippen LogP contribution < -0.4 is 5.32 Å². The molecule has 22 heavy (non-hydrogen) atoms. The van der Waals surface area contributed by atoms with Crippen molar-refractivity contribution in [3.8, 4) is 0 Å². The first-order chi connectivity index (χ1) is 10.5. The summed E-state index contributed by atoms with van der Waals surface area (Å²) < 4.78 is 0. The Labute approximate surface area is 136 Å². The number of halogens is 1. The van der Waals surface area contributed by atoms with Crippen LogP contribution >= 0.6 is 22.9 Å². The maximum absolute atomic E-state index is 10.6. The molecule has 1 heterocycles. The van der Waals surface area contributed by atoms with Gasteiger partial charge in [-0.3, -0.25) is 10.1 Å². The number of hydrogen-bond acceptors (Lipinski definition) is 6. The first kappa shape index (κ1) is 16.9. The zero-order valence-corrected chi connectivity index (χ0v) is 13.0. The highest BCUT2D eigenvalue weighted by molar-refractivity contribution is 7.10. The summed E-state index contributed by atoms with van der Waals surface area (Å²) in [7, 11) is 0. The van der Waals surface area contributed by atoms with Crippen molar-refractivity contribution in [2.45, 2.75) is 18.7 Å². The third-order valence-electron chi connectivity index (χ3n) is 3.18. The fourth-order valence-electron chi connectivity index (χ4n) is 1.98. The molecule has 3 N–H and O–H groups in total. The Bertz CT molecular complexity index is 632. The molecule has 0 aliphatic rings. The average Bonchev–Trinajstić information content (AvgIpc) is 2.93. The minimum atomic E-state index is -0.971. The van der Waals surface area contributed by atoms with Crippen LogP contribution in [0, 0.1) is 10.1 Å². The van der Waals surface area contributed by atoms with Crippen LogP contribution in [0.1, 0.15) is 16.5 Å². The lowest BCUT2D eigenvalue weighted by Gasteiger charge is -2.22. The number of non-ortho nitro benzene ring substituents is 1. The molecule has 118 valence electrons. The molecule has 2 rings (SSSR count). The molecule has 1 aromatic carbocycles. The molecule has 0 bridgehead atoms. The van der Waals surface area contributed by atoms with Gasteiger partial charge in [0.2, 0.25) is 0 Å². The molecule has 0 aliphatic heterocycles. The number of nitro benzene ring substituents is 1. The van der Waals surface area contributed by atoms with Gasteiger partial charge in [0, 0.05) is 28.9 Å². The second-order valence-electron chi connectivity index (χ2n) is 4.69. The van der Waals surface area contributed by atoms with E-state index in [1.54, 1.807) is 5.38 Å². The number of rotatable bonds is 7. The van der Waals surface area contributed by atoms with Crippen molar-refractivity contribution in [2.75, 3.05) is 6.61 Å². The molecule has 0 aliphatic carbocycles. The average molecular weight is 343 g/mol. The SMILES string of the molecule is O=[N+]([O-])c1ccc([C@@H](O)[C@H](CO)NCc2cc(Cl)cs2)cc1. The lowest BCUT2D eigenvalue weighted by molar-refractivity contribution is -0.384. The van der Waals surface area contributed by atoms with Crippen LogP contribution in [-0.2, 0) is 6.54 Å². The quantitative estimate of drug-likeness (QED) is 0.530. The Morgan fingerprint density at radius 2 is 2.05 bits per heavy atom. The smallest absolute Gasteiger partial charge is 0.269 e. The molecule has 0 fully saturated rings. The third kappa shape index (κ3) is 4.25. The summed E-state index contributed by atoms with van der Waals surface area (Å²) in [5.41, 5.74) is 0.457. The normalized spacial score (nSPS) is 13.8. The fraction of sp³-hybridized carbons (Fsp3) is 0.286. The van der Waals surface area contributed by atoms with Gasteiger partial charge in [0.15, 0.2) is 0 Å². The summed E-state index contributed by atoms with van der Waals surface area (Å²) in [5, 5.41) is 35.8. The van der Waals surface area contributed by atoms with Crippen molar-refractivity contribution < 1.29 is 15.1 Å². The number of benzene rings is 1. The zero-order chi connectivity index (χ0) is 16.1. The molecule has 1 aromatic heterocycles. The van der Waals surface area contributed by atoms with Crippen molar-refractivity contribution in [3.05, 3.63) is 61.3 Å². The predicted molar refractivity (Wildman–Crippen MR) is 85.1 cm³/mol. The zero-order valence-electron chi connectivity index (χ0n) is 11.5. The first-order valence-corrected chi connectivity index (χ1v) is 7.76. The van der Waals surface area contributed by atoms with Gasteiger partial charge >= 0.3 is 0 Å². The van der Waals surface area contributed by atoms with E-state index in [1.807, 2.05) is 6.07 Å². The highest BCUT2D eigenvalue weighted by Gasteiger charge is 2.20. The number of nitrogens with one attached hydrogen (secondary N) is 1.